The van der Waals surface area contributed by atoms with Crippen LogP contribution in [-0.4, -0.2) is 19.9 Å². The Kier molecular flexibility index (Phi) is 2.94. The quantitative estimate of drug-likeness (QED) is 0.553. The molecule has 3 N–H and O–H groups in total. The molecule has 21 heavy (non-hydrogen) atoms. The molecule has 0 saturated heterocycles. The summed E-state index contributed by atoms with van der Waals surface area (Å²) in [6, 6.07) is 5.84. The number of hydrazine groups is 1. The topological polar surface area (TPSA) is 89.6 Å². The molecule has 0 bridgehead atoms. The molecule has 1 aromatic carbocycles. The molecule has 1 aliphatic heterocycles. The van der Waals surface area contributed by atoms with Gasteiger partial charge in [0.25, 0.3) is 0 Å². The number of hydrogen-bond acceptors (Lipinski definition) is 7. The normalized spacial score (nSPS) is 13.4. The summed E-state index contributed by atoms with van der Waals surface area (Å²) >= 11 is 1.82. The van der Waals surface area contributed by atoms with E-state index in [2.05, 4.69) is 25.4 Å². The Morgan fingerprint density at radius 1 is 1.05 bits per heavy atom. The van der Waals surface area contributed by atoms with E-state index in [1.54, 1.807) is 12.4 Å². The van der Waals surface area contributed by atoms with E-state index < -0.39 is 0 Å². The van der Waals surface area contributed by atoms with Gasteiger partial charge in [-0.15, -0.1) is 0 Å². The summed E-state index contributed by atoms with van der Waals surface area (Å²) in [6.45, 7) is 0. The fraction of sp³-hybridized carbons (Fsp3) is 0.143. The summed E-state index contributed by atoms with van der Waals surface area (Å²) in [5.74, 6) is 8.76. The van der Waals surface area contributed by atoms with Crippen LogP contribution in [0.1, 0.15) is 11.3 Å². The number of rotatable bonds is 2. The highest BCUT2D eigenvalue weighted by Gasteiger charge is 2.20. The second kappa shape index (κ2) is 4.94. The molecule has 0 spiro atoms. The van der Waals surface area contributed by atoms with Gasteiger partial charge in [-0.25, -0.2) is 15.8 Å². The van der Waals surface area contributed by atoms with Gasteiger partial charge in [0.05, 0.1) is 16.7 Å². The van der Waals surface area contributed by atoms with Crippen molar-refractivity contribution in [3.8, 4) is 11.4 Å². The zero-order valence-corrected chi connectivity index (χ0v) is 11.9. The van der Waals surface area contributed by atoms with Crippen molar-refractivity contribution in [1.29, 1.82) is 0 Å². The van der Waals surface area contributed by atoms with Crippen LogP contribution in [0.15, 0.2) is 30.6 Å². The number of thioether (sulfide) groups is 1. The van der Waals surface area contributed by atoms with Crippen molar-refractivity contribution >= 4 is 28.6 Å². The summed E-state index contributed by atoms with van der Waals surface area (Å²) in [4.78, 5) is 17.8. The minimum absolute atomic E-state index is 0.664. The van der Waals surface area contributed by atoms with Crippen LogP contribution in [0.3, 0.4) is 0 Å². The average molecular weight is 296 g/mol. The van der Waals surface area contributed by atoms with E-state index in [1.165, 1.54) is 0 Å². The third-order valence-corrected chi connectivity index (χ3v) is 4.41. The maximum Gasteiger partial charge on any atom is 0.161 e. The van der Waals surface area contributed by atoms with Gasteiger partial charge in [-0.2, -0.15) is 11.8 Å². The summed E-state index contributed by atoms with van der Waals surface area (Å²) in [7, 11) is 0. The highest BCUT2D eigenvalue weighted by molar-refractivity contribution is 7.98. The first-order chi connectivity index (χ1) is 10.3. The van der Waals surface area contributed by atoms with Crippen LogP contribution in [0.25, 0.3) is 22.4 Å². The highest BCUT2D eigenvalue weighted by atomic mass is 32.2. The largest absolute Gasteiger partial charge is 0.308 e. The molecule has 0 fully saturated rings. The fourth-order valence-corrected chi connectivity index (χ4v) is 3.44. The van der Waals surface area contributed by atoms with Gasteiger partial charge >= 0.3 is 0 Å². The number of hydrogen-bond donors (Lipinski definition) is 2. The van der Waals surface area contributed by atoms with Crippen molar-refractivity contribution in [2.24, 2.45) is 5.84 Å². The Bertz CT molecular complexity index is 835. The molecule has 1 aliphatic rings. The van der Waals surface area contributed by atoms with E-state index in [0.29, 0.717) is 11.6 Å². The maximum atomic E-state index is 5.59. The van der Waals surface area contributed by atoms with Crippen molar-refractivity contribution in [3.05, 3.63) is 41.9 Å². The van der Waals surface area contributed by atoms with E-state index in [4.69, 9.17) is 5.84 Å². The van der Waals surface area contributed by atoms with Gasteiger partial charge in [0, 0.05) is 35.0 Å². The van der Waals surface area contributed by atoms with E-state index in [-0.39, 0.29) is 0 Å². The third-order valence-electron chi connectivity index (χ3n) is 3.44. The van der Waals surface area contributed by atoms with Crippen molar-refractivity contribution in [1.82, 2.24) is 19.9 Å². The first-order valence-corrected chi connectivity index (χ1v) is 7.66. The summed E-state index contributed by atoms with van der Waals surface area (Å²) in [5, 5.41) is 0. The Hall–Kier alpha value is -2.25. The van der Waals surface area contributed by atoms with E-state index in [9.17, 15) is 0 Å². The van der Waals surface area contributed by atoms with Gasteiger partial charge in [-0.1, -0.05) is 0 Å². The van der Waals surface area contributed by atoms with Crippen LogP contribution < -0.4 is 11.3 Å². The molecule has 0 unspecified atom stereocenters. The van der Waals surface area contributed by atoms with Crippen LogP contribution >= 0.6 is 11.8 Å². The van der Waals surface area contributed by atoms with E-state index in [1.807, 2.05) is 30.0 Å². The number of nitrogens with one attached hydrogen (secondary N) is 1. The number of nitrogens with two attached hydrogens (primary N) is 1. The molecule has 0 aliphatic carbocycles. The van der Waals surface area contributed by atoms with Crippen LogP contribution in [0.2, 0.25) is 0 Å². The summed E-state index contributed by atoms with van der Waals surface area (Å²) in [5.41, 5.74) is 7.44. The van der Waals surface area contributed by atoms with Gasteiger partial charge in [0.1, 0.15) is 5.82 Å². The average Bonchev–Trinajstić information content (AvgIpc) is 3.02. The molecular weight excluding hydrogens is 284 g/mol. The van der Waals surface area contributed by atoms with Crippen molar-refractivity contribution < 1.29 is 0 Å². The van der Waals surface area contributed by atoms with Crippen molar-refractivity contribution in [2.75, 3.05) is 5.43 Å². The number of nitrogen functional groups attached to an aromatic ring is 1. The first kappa shape index (κ1) is 12.5. The number of aromatic nitrogens is 4. The zero-order chi connectivity index (χ0) is 14.2. The van der Waals surface area contributed by atoms with Gasteiger partial charge < -0.3 is 5.43 Å². The SMILES string of the molecule is NNc1nc(-c2ccc3nccnc3c2)nc2c1CSC2. The predicted octanol–water partition coefficient (Wildman–Crippen LogP) is 2.12. The Morgan fingerprint density at radius 3 is 2.76 bits per heavy atom. The molecular formula is C14H12N6S. The minimum atomic E-state index is 0.664. The smallest absolute Gasteiger partial charge is 0.161 e. The minimum Gasteiger partial charge on any atom is -0.308 e. The van der Waals surface area contributed by atoms with E-state index >= 15 is 0 Å². The Balaban J connectivity index is 1.88. The van der Waals surface area contributed by atoms with Gasteiger partial charge in [-0.3, -0.25) is 9.97 Å². The van der Waals surface area contributed by atoms with Gasteiger partial charge in [0.2, 0.25) is 0 Å². The standard InChI is InChI=1S/C14H12N6S/c15-20-14-9-6-21-7-12(9)18-13(19-14)8-1-2-10-11(5-8)17-4-3-16-10/h1-5H,6-7,15H2,(H,18,19,20). The van der Waals surface area contributed by atoms with Crippen molar-refractivity contribution in [2.45, 2.75) is 11.5 Å². The van der Waals surface area contributed by atoms with Gasteiger partial charge in [-0.05, 0) is 18.2 Å². The molecule has 6 nitrogen and oxygen atoms in total. The Morgan fingerprint density at radius 2 is 1.90 bits per heavy atom. The van der Waals surface area contributed by atoms with Crippen LogP contribution in [0, 0.1) is 0 Å². The number of benzene rings is 1. The van der Waals surface area contributed by atoms with Crippen LogP contribution in [0.4, 0.5) is 5.82 Å². The van der Waals surface area contributed by atoms with Gasteiger partial charge in [0.15, 0.2) is 5.82 Å². The number of nitrogens with zero attached hydrogens (tertiary/aromatic N) is 4. The lowest BCUT2D eigenvalue weighted by Crippen LogP contribution is -2.12. The zero-order valence-electron chi connectivity index (χ0n) is 11.1. The molecule has 2 aromatic heterocycles. The molecule has 0 radical (unpaired) electrons. The molecule has 104 valence electrons. The lowest BCUT2D eigenvalue weighted by atomic mass is 10.1. The van der Waals surface area contributed by atoms with Crippen molar-refractivity contribution in [3.63, 3.8) is 0 Å². The lowest BCUT2D eigenvalue weighted by molar-refractivity contribution is 1.06. The lowest BCUT2D eigenvalue weighted by Gasteiger charge is -2.09. The Labute approximate surface area is 125 Å². The third kappa shape index (κ3) is 2.10. The summed E-state index contributed by atoms with van der Waals surface area (Å²) < 4.78 is 0. The number of fused-ring (bicyclic) bond motifs is 2. The summed E-state index contributed by atoms with van der Waals surface area (Å²) in [6.07, 6.45) is 3.36. The fourth-order valence-electron chi connectivity index (χ4n) is 2.40. The van der Waals surface area contributed by atoms with Crippen LogP contribution in [-0.2, 0) is 11.5 Å². The maximum absolute atomic E-state index is 5.59. The molecule has 0 saturated carbocycles. The second-order valence-electron chi connectivity index (χ2n) is 4.72. The molecule has 4 rings (SSSR count). The second-order valence-corrected chi connectivity index (χ2v) is 5.70. The first-order valence-electron chi connectivity index (χ1n) is 6.50. The molecule has 7 heteroatoms. The van der Waals surface area contributed by atoms with Crippen LogP contribution in [0.5, 0.6) is 0 Å². The highest BCUT2D eigenvalue weighted by Crippen LogP contribution is 2.34. The molecule has 0 atom stereocenters. The number of anilines is 1. The molecule has 3 aromatic rings. The molecule has 0 amide bonds. The predicted molar refractivity (Wildman–Crippen MR) is 83.4 cm³/mol. The monoisotopic (exact) mass is 296 g/mol. The molecule has 3 heterocycles. The van der Waals surface area contributed by atoms with E-state index in [0.717, 1.165) is 39.4 Å².